The standard InChI is InChI=1S/C13H14Cl2N2O2/c1-2-16-7-9-6-10(19-17-9)8-18-12-5-3-4-11(14)13(12)15/h3-6,16H,2,7-8H2,1H3. The summed E-state index contributed by atoms with van der Waals surface area (Å²) in [5.41, 5.74) is 0.845. The molecule has 0 aliphatic rings. The fourth-order valence-electron chi connectivity index (χ4n) is 1.50. The van der Waals surface area contributed by atoms with Gasteiger partial charge in [0, 0.05) is 12.6 Å². The highest BCUT2D eigenvalue weighted by molar-refractivity contribution is 6.42. The molecule has 2 rings (SSSR count). The number of benzene rings is 1. The Morgan fingerprint density at radius 3 is 3.00 bits per heavy atom. The van der Waals surface area contributed by atoms with Gasteiger partial charge in [-0.1, -0.05) is 41.3 Å². The van der Waals surface area contributed by atoms with E-state index in [9.17, 15) is 0 Å². The second kappa shape index (κ2) is 6.80. The van der Waals surface area contributed by atoms with Crippen LogP contribution < -0.4 is 10.1 Å². The summed E-state index contributed by atoms with van der Waals surface area (Å²) in [6.45, 7) is 3.86. The van der Waals surface area contributed by atoms with Gasteiger partial charge in [0.05, 0.1) is 10.7 Å². The number of nitrogens with zero attached hydrogens (tertiary/aromatic N) is 1. The first-order valence-corrected chi connectivity index (χ1v) is 6.68. The fourth-order valence-corrected chi connectivity index (χ4v) is 1.85. The smallest absolute Gasteiger partial charge is 0.174 e. The third-order valence-corrected chi connectivity index (χ3v) is 3.25. The molecule has 19 heavy (non-hydrogen) atoms. The molecule has 0 unspecified atom stereocenters. The van der Waals surface area contributed by atoms with E-state index in [1.807, 2.05) is 13.0 Å². The van der Waals surface area contributed by atoms with E-state index in [0.717, 1.165) is 12.2 Å². The van der Waals surface area contributed by atoms with Crippen molar-refractivity contribution in [1.29, 1.82) is 0 Å². The van der Waals surface area contributed by atoms with Crippen LogP contribution in [0.25, 0.3) is 0 Å². The van der Waals surface area contributed by atoms with Gasteiger partial charge in [-0.05, 0) is 18.7 Å². The number of ether oxygens (including phenoxy) is 1. The van der Waals surface area contributed by atoms with Crippen LogP contribution in [0.1, 0.15) is 18.4 Å². The molecule has 1 N–H and O–H groups in total. The maximum atomic E-state index is 6.02. The molecule has 102 valence electrons. The third-order valence-electron chi connectivity index (χ3n) is 2.45. The van der Waals surface area contributed by atoms with Crippen LogP contribution in [0.2, 0.25) is 10.0 Å². The zero-order chi connectivity index (χ0) is 13.7. The van der Waals surface area contributed by atoms with Gasteiger partial charge >= 0.3 is 0 Å². The first kappa shape index (κ1) is 14.2. The van der Waals surface area contributed by atoms with Gasteiger partial charge in [-0.25, -0.2) is 0 Å². The molecule has 1 aromatic carbocycles. The lowest BCUT2D eigenvalue weighted by Crippen LogP contribution is -2.11. The molecular formula is C13H14Cl2N2O2. The molecule has 0 spiro atoms. The van der Waals surface area contributed by atoms with Crippen molar-refractivity contribution in [3.63, 3.8) is 0 Å². The molecule has 0 aliphatic heterocycles. The highest BCUT2D eigenvalue weighted by Gasteiger charge is 2.08. The minimum atomic E-state index is 0.263. The van der Waals surface area contributed by atoms with Gasteiger partial charge in [-0.3, -0.25) is 0 Å². The van der Waals surface area contributed by atoms with Crippen LogP contribution in [0.15, 0.2) is 28.8 Å². The molecule has 0 aliphatic carbocycles. The van der Waals surface area contributed by atoms with Crippen molar-refractivity contribution >= 4 is 23.2 Å². The SMILES string of the molecule is CCNCc1cc(COc2cccc(Cl)c2Cl)on1. The van der Waals surface area contributed by atoms with Crippen molar-refractivity contribution in [2.24, 2.45) is 0 Å². The zero-order valence-electron chi connectivity index (χ0n) is 10.5. The molecule has 0 radical (unpaired) electrons. The van der Waals surface area contributed by atoms with Crippen molar-refractivity contribution in [3.8, 4) is 5.75 Å². The Kier molecular flexibility index (Phi) is 5.07. The van der Waals surface area contributed by atoms with E-state index in [4.69, 9.17) is 32.5 Å². The second-order valence-corrected chi connectivity index (χ2v) is 4.69. The van der Waals surface area contributed by atoms with Crippen molar-refractivity contribution in [1.82, 2.24) is 10.5 Å². The summed E-state index contributed by atoms with van der Waals surface area (Å²) in [7, 11) is 0. The Hall–Kier alpha value is -1.23. The molecule has 1 heterocycles. The predicted molar refractivity (Wildman–Crippen MR) is 74.7 cm³/mol. The second-order valence-electron chi connectivity index (χ2n) is 3.91. The van der Waals surface area contributed by atoms with Crippen molar-refractivity contribution in [2.45, 2.75) is 20.1 Å². The Bertz CT molecular complexity index is 543. The van der Waals surface area contributed by atoms with Crippen molar-refractivity contribution in [2.75, 3.05) is 6.54 Å². The zero-order valence-corrected chi connectivity index (χ0v) is 12.0. The number of nitrogens with one attached hydrogen (secondary N) is 1. The minimum absolute atomic E-state index is 0.263. The van der Waals surface area contributed by atoms with Gasteiger partial charge in [0.15, 0.2) is 5.76 Å². The summed E-state index contributed by atoms with van der Waals surface area (Å²) in [5.74, 6) is 1.17. The van der Waals surface area contributed by atoms with E-state index in [1.165, 1.54) is 0 Å². The number of aromatic nitrogens is 1. The molecule has 0 amide bonds. The quantitative estimate of drug-likeness (QED) is 0.884. The molecule has 6 heteroatoms. The van der Waals surface area contributed by atoms with Gasteiger partial charge < -0.3 is 14.6 Å². The monoisotopic (exact) mass is 300 g/mol. The van der Waals surface area contributed by atoms with E-state index in [-0.39, 0.29) is 6.61 Å². The Morgan fingerprint density at radius 2 is 2.21 bits per heavy atom. The molecule has 1 aromatic heterocycles. The van der Waals surface area contributed by atoms with Crippen LogP contribution in [-0.4, -0.2) is 11.7 Å². The van der Waals surface area contributed by atoms with Gasteiger partial charge in [0.2, 0.25) is 0 Å². The van der Waals surface area contributed by atoms with E-state index in [1.54, 1.807) is 18.2 Å². The summed E-state index contributed by atoms with van der Waals surface area (Å²) in [4.78, 5) is 0. The predicted octanol–water partition coefficient (Wildman–Crippen LogP) is 3.67. The summed E-state index contributed by atoms with van der Waals surface area (Å²) < 4.78 is 10.7. The average molecular weight is 301 g/mol. The molecule has 2 aromatic rings. The van der Waals surface area contributed by atoms with Crippen molar-refractivity contribution < 1.29 is 9.26 Å². The summed E-state index contributed by atoms with van der Waals surface area (Å²) in [6, 6.07) is 7.09. The van der Waals surface area contributed by atoms with E-state index >= 15 is 0 Å². The molecule has 0 fully saturated rings. The van der Waals surface area contributed by atoms with Crippen molar-refractivity contribution in [3.05, 3.63) is 45.8 Å². The van der Waals surface area contributed by atoms with E-state index in [0.29, 0.717) is 28.1 Å². The lowest BCUT2D eigenvalue weighted by molar-refractivity contribution is 0.248. The van der Waals surface area contributed by atoms with Gasteiger partial charge in [0.1, 0.15) is 17.4 Å². The number of hydrogen-bond acceptors (Lipinski definition) is 4. The number of rotatable bonds is 6. The molecular weight excluding hydrogens is 287 g/mol. The average Bonchev–Trinajstić information content (AvgIpc) is 2.86. The summed E-state index contributed by atoms with van der Waals surface area (Å²) in [5, 5.41) is 7.96. The van der Waals surface area contributed by atoms with Gasteiger partial charge in [0.25, 0.3) is 0 Å². The first-order valence-electron chi connectivity index (χ1n) is 5.92. The molecule has 0 saturated heterocycles. The van der Waals surface area contributed by atoms with Gasteiger partial charge in [-0.15, -0.1) is 0 Å². The molecule has 0 saturated carbocycles. The van der Waals surface area contributed by atoms with Crippen LogP contribution >= 0.6 is 23.2 Å². The molecule has 4 nitrogen and oxygen atoms in total. The van der Waals surface area contributed by atoms with E-state index in [2.05, 4.69) is 10.5 Å². The van der Waals surface area contributed by atoms with E-state index < -0.39 is 0 Å². The summed E-state index contributed by atoms with van der Waals surface area (Å²) >= 11 is 11.9. The Balaban J connectivity index is 1.95. The van der Waals surface area contributed by atoms with Crippen LogP contribution in [-0.2, 0) is 13.2 Å². The lowest BCUT2D eigenvalue weighted by Gasteiger charge is -2.06. The Morgan fingerprint density at radius 1 is 1.37 bits per heavy atom. The Labute approximate surface area is 121 Å². The fraction of sp³-hybridized carbons (Fsp3) is 0.308. The van der Waals surface area contributed by atoms with Crippen LogP contribution in [0.4, 0.5) is 0 Å². The summed E-state index contributed by atoms with van der Waals surface area (Å²) in [6.07, 6.45) is 0. The maximum Gasteiger partial charge on any atom is 0.174 e. The topological polar surface area (TPSA) is 47.3 Å². The minimum Gasteiger partial charge on any atom is -0.484 e. The van der Waals surface area contributed by atoms with Crippen LogP contribution in [0.3, 0.4) is 0 Å². The molecule has 0 atom stereocenters. The lowest BCUT2D eigenvalue weighted by atomic mass is 10.3. The highest BCUT2D eigenvalue weighted by Crippen LogP contribution is 2.31. The van der Waals surface area contributed by atoms with Crippen LogP contribution in [0.5, 0.6) is 5.75 Å². The number of halogens is 2. The third kappa shape index (κ3) is 3.86. The molecule has 0 bridgehead atoms. The maximum absolute atomic E-state index is 6.02. The first-order chi connectivity index (χ1) is 9.20. The highest BCUT2D eigenvalue weighted by atomic mass is 35.5. The van der Waals surface area contributed by atoms with Crippen LogP contribution in [0, 0.1) is 0 Å². The van der Waals surface area contributed by atoms with Gasteiger partial charge in [-0.2, -0.15) is 0 Å². The number of hydrogen-bond donors (Lipinski definition) is 1. The normalized spacial score (nSPS) is 10.7. The largest absolute Gasteiger partial charge is 0.484 e.